The molecule has 1 N–H and O–H groups in total. The number of carbonyl (C=O) groups excluding carboxylic acids is 1. The quantitative estimate of drug-likeness (QED) is 0.656. The van der Waals surface area contributed by atoms with Gasteiger partial charge in [-0.2, -0.15) is 0 Å². The van der Waals surface area contributed by atoms with Gasteiger partial charge in [0.15, 0.2) is 0 Å². The van der Waals surface area contributed by atoms with Crippen molar-refractivity contribution in [1.82, 2.24) is 0 Å². The molecule has 1 aliphatic carbocycles. The number of anilines is 1. The molecule has 126 valence electrons. The van der Waals surface area contributed by atoms with Crippen LogP contribution in [0, 0.1) is 10.1 Å². The lowest BCUT2D eigenvalue weighted by molar-refractivity contribution is -0.384. The van der Waals surface area contributed by atoms with Gasteiger partial charge < -0.3 is 9.47 Å². The van der Waals surface area contributed by atoms with Crippen LogP contribution in [-0.4, -0.2) is 29.8 Å². The molecule has 1 fully saturated rings. The Hall–Kier alpha value is -2.15. The Kier molecular flexibility index (Phi) is 5.54. The van der Waals surface area contributed by atoms with Crippen molar-refractivity contribution in [3.63, 3.8) is 0 Å². The molecule has 0 atom stereocenters. The van der Waals surface area contributed by atoms with Crippen LogP contribution in [0.4, 0.5) is 16.2 Å². The fraction of sp³-hybridized carbons (Fsp3) is 0.562. The number of hydrogen-bond donors (Lipinski definition) is 1. The summed E-state index contributed by atoms with van der Waals surface area (Å²) in [7, 11) is 1.73. The van der Waals surface area contributed by atoms with E-state index >= 15 is 0 Å². The Bertz CT molecular complexity index is 544. The zero-order valence-electron chi connectivity index (χ0n) is 13.4. The first-order valence-electron chi connectivity index (χ1n) is 7.75. The number of carbonyl (C=O) groups is 1. The summed E-state index contributed by atoms with van der Waals surface area (Å²) in [6, 6.07) is 5.63. The van der Waals surface area contributed by atoms with Gasteiger partial charge in [0.1, 0.15) is 6.10 Å². The van der Waals surface area contributed by atoms with Crippen molar-refractivity contribution in [2.45, 2.75) is 50.7 Å². The van der Waals surface area contributed by atoms with E-state index in [9.17, 15) is 14.9 Å². The molecule has 0 spiro atoms. The molecule has 7 heteroatoms. The third kappa shape index (κ3) is 4.41. The molecular weight excluding hydrogens is 300 g/mol. The molecular formula is C16H22N2O5. The van der Waals surface area contributed by atoms with Crippen LogP contribution in [0.3, 0.4) is 0 Å². The van der Waals surface area contributed by atoms with Crippen molar-refractivity contribution in [2.75, 3.05) is 12.4 Å². The second-order valence-electron chi connectivity index (χ2n) is 5.77. The van der Waals surface area contributed by atoms with Gasteiger partial charge in [-0.05, 0) is 44.2 Å². The molecule has 0 aliphatic heterocycles. The molecule has 1 saturated carbocycles. The first-order valence-corrected chi connectivity index (χ1v) is 7.75. The lowest BCUT2D eigenvalue weighted by Crippen LogP contribution is -2.38. The normalized spacial score (nSPS) is 24.0. The van der Waals surface area contributed by atoms with E-state index in [-0.39, 0.29) is 17.4 Å². The van der Waals surface area contributed by atoms with Gasteiger partial charge in [-0.1, -0.05) is 6.92 Å². The van der Waals surface area contributed by atoms with Gasteiger partial charge in [-0.25, -0.2) is 4.79 Å². The lowest BCUT2D eigenvalue weighted by atomic mass is 9.81. The number of hydrogen-bond acceptors (Lipinski definition) is 5. The van der Waals surface area contributed by atoms with Crippen molar-refractivity contribution in [3.05, 3.63) is 34.4 Å². The number of non-ortho nitro benzene ring substituents is 1. The van der Waals surface area contributed by atoms with E-state index in [2.05, 4.69) is 12.2 Å². The third-order valence-corrected chi connectivity index (χ3v) is 4.52. The molecule has 0 bridgehead atoms. The second-order valence-corrected chi connectivity index (χ2v) is 5.77. The zero-order chi connectivity index (χ0) is 16.9. The van der Waals surface area contributed by atoms with E-state index in [1.54, 1.807) is 7.11 Å². The Labute approximate surface area is 135 Å². The van der Waals surface area contributed by atoms with Crippen molar-refractivity contribution < 1.29 is 19.2 Å². The highest BCUT2D eigenvalue weighted by molar-refractivity contribution is 5.84. The summed E-state index contributed by atoms with van der Waals surface area (Å²) in [5.41, 5.74) is 0.359. The summed E-state index contributed by atoms with van der Waals surface area (Å²) in [4.78, 5) is 22.0. The summed E-state index contributed by atoms with van der Waals surface area (Å²) < 4.78 is 11.0. The molecule has 0 unspecified atom stereocenters. The molecule has 7 nitrogen and oxygen atoms in total. The molecule has 1 aromatic carbocycles. The maximum absolute atomic E-state index is 11.9. The van der Waals surface area contributed by atoms with Crippen LogP contribution in [0.15, 0.2) is 24.3 Å². The summed E-state index contributed by atoms with van der Waals surface area (Å²) in [5.74, 6) is 0. The van der Waals surface area contributed by atoms with E-state index in [1.165, 1.54) is 24.3 Å². The predicted octanol–water partition coefficient (Wildman–Crippen LogP) is 3.88. The van der Waals surface area contributed by atoms with E-state index in [1.807, 2.05) is 0 Å². The first kappa shape index (κ1) is 17.2. The smallest absolute Gasteiger partial charge is 0.411 e. The molecule has 23 heavy (non-hydrogen) atoms. The van der Waals surface area contributed by atoms with E-state index in [0.29, 0.717) is 5.69 Å². The van der Waals surface area contributed by atoms with Crippen molar-refractivity contribution >= 4 is 17.5 Å². The van der Waals surface area contributed by atoms with E-state index in [4.69, 9.17) is 9.47 Å². The van der Waals surface area contributed by atoms with Crippen LogP contribution in [0.5, 0.6) is 0 Å². The number of methoxy groups -OCH3 is 1. The average molecular weight is 322 g/mol. The molecule has 2 rings (SSSR count). The monoisotopic (exact) mass is 322 g/mol. The number of nitro benzene ring substituents is 1. The Morgan fingerprint density at radius 2 is 1.96 bits per heavy atom. The van der Waals surface area contributed by atoms with Crippen LogP contribution in [-0.2, 0) is 9.47 Å². The van der Waals surface area contributed by atoms with Gasteiger partial charge >= 0.3 is 6.09 Å². The van der Waals surface area contributed by atoms with E-state index < -0.39 is 11.0 Å². The number of rotatable bonds is 5. The average Bonchev–Trinajstić information content (AvgIpc) is 2.56. The minimum atomic E-state index is -0.537. The number of benzene rings is 1. The molecule has 1 amide bonds. The second kappa shape index (κ2) is 7.41. The summed E-state index contributed by atoms with van der Waals surface area (Å²) in [6.45, 7) is 2.10. The van der Waals surface area contributed by atoms with E-state index in [0.717, 1.165) is 32.1 Å². The SMILES string of the molecule is CCC1(OC)CCC(OC(=O)Nc2ccc([N+](=O)[O-])cc2)CC1. The van der Waals surface area contributed by atoms with Crippen LogP contribution >= 0.6 is 0 Å². The minimum Gasteiger partial charge on any atom is -0.446 e. The van der Waals surface area contributed by atoms with Crippen molar-refractivity contribution in [2.24, 2.45) is 0 Å². The molecule has 0 aromatic heterocycles. The molecule has 1 aliphatic rings. The van der Waals surface area contributed by atoms with Crippen molar-refractivity contribution in [3.8, 4) is 0 Å². The zero-order valence-corrected chi connectivity index (χ0v) is 13.4. The molecule has 1 aromatic rings. The summed E-state index contributed by atoms with van der Waals surface area (Å²) in [6.07, 6.45) is 3.58. The van der Waals surface area contributed by atoms with Gasteiger partial charge in [0.05, 0.1) is 10.5 Å². The standard InChI is InChI=1S/C16H22N2O5/c1-3-16(22-2)10-8-14(9-11-16)23-15(19)17-12-4-6-13(7-5-12)18(20)21/h4-7,14H,3,8-11H2,1-2H3,(H,17,19). The van der Waals surface area contributed by atoms with Crippen LogP contribution in [0.1, 0.15) is 39.0 Å². The van der Waals surface area contributed by atoms with Crippen LogP contribution < -0.4 is 5.32 Å². The van der Waals surface area contributed by atoms with Gasteiger partial charge in [0.25, 0.3) is 5.69 Å². The van der Waals surface area contributed by atoms with Gasteiger partial charge in [0.2, 0.25) is 0 Å². The molecule has 0 heterocycles. The largest absolute Gasteiger partial charge is 0.446 e. The highest BCUT2D eigenvalue weighted by Crippen LogP contribution is 2.35. The summed E-state index contributed by atoms with van der Waals surface area (Å²) >= 11 is 0. The fourth-order valence-corrected chi connectivity index (χ4v) is 2.90. The highest BCUT2D eigenvalue weighted by atomic mass is 16.6. The fourth-order valence-electron chi connectivity index (χ4n) is 2.90. The Balaban J connectivity index is 1.82. The van der Waals surface area contributed by atoms with Crippen molar-refractivity contribution in [1.29, 1.82) is 0 Å². The highest BCUT2D eigenvalue weighted by Gasteiger charge is 2.35. The number of amides is 1. The lowest BCUT2D eigenvalue weighted by Gasteiger charge is -2.38. The maximum Gasteiger partial charge on any atom is 0.411 e. The Morgan fingerprint density at radius 3 is 2.43 bits per heavy atom. The third-order valence-electron chi connectivity index (χ3n) is 4.52. The Morgan fingerprint density at radius 1 is 1.35 bits per heavy atom. The maximum atomic E-state index is 11.9. The van der Waals surface area contributed by atoms with Gasteiger partial charge in [-0.15, -0.1) is 0 Å². The van der Waals surface area contributed by atoms with Crippen LogP contribution in [0.25, 0.3) is 0 Å². The minimum absolute atomic E-state index is 0.0216. The van der Waals surface area contributed by atoms with Gasteiger partial charge in [0, 0.05) is 24.9 Å². The number of ether oxygens (including phenoxy) is 2. The first-order chi connectivity index (χ1) is 11.0. The number of nitro groups is 1. The number of nitrogens with one attached hydrogen (secondary N) is 1. The van der Waals surface area contributed by atoms with Crippen LogP contribution in [0.2, 0.25) is 0 Å². The van der Waals surface area contributed by atoms with Gasteiger partial charge in [-0.3, -0.25) is 15.4 Å². The topological polar surface area (TPSA) is 90.7 Å². The predicted molar refractivity (Wildman–Crippen MR) is 85.5 cm³/mol. The number of nitrogens with zero attached hydrogens (tertiary/aromatic N) is 1. The molecule has 0 saturated heterocycles. The summed E-state index contributed by atoms with van der Waals surface area (Å²) in [5, 5.41) is 13.2. The molecule has 0 radical (unpaired) electrons.